The number of sulfonamides is 1. The van der Waals surface area contributed by atoms with Gasteiger partial charge in [0.25, 0.3) is 15.9 Å². The highest BCUT2D eigenvalue weighted by molar-refractivity contribution is 7.92. The van der Waals surface area contributed by atoms with E-state index in [0.29, 0.717) is 22.7 Å². The first-order valence-corrected chi connectivity index (χ1v) is 10.8. The van der Waals surface area contributed by atoms with E-state index in [2.05, 4.69) is 10.0 Å². The quantitative estimate of drug-likeness (QED) is 0.602. The highest BCUT2D eigenvalue weighted by Gasteiger charge is 2.20. The first-order valence-electron chi connectivity index (χ1n) is 9.35. The van der Waals surface area contributed by atoms with Crippen LogP contribution in [0, 0.1) is 20.8 Å². The highest BCUT2D eigenvalue weighted by atomic mass is 32.2. The lowest BCUT2D eigenvalue weighted by atomic mass is 10.1. The number of methoxy groups -OCH3 is 1. The second kappa shape index (κ2) is 8.59. The third-order valence-electron chi connectivity index (χ3n) is 4.56. The topological polar surface area (TPSA) is 84.5 Å². The molecule has 0 aromatic heterocycles. The number of hydrogen-bond acceptors (Lipinski definition) is 4. The molecule has 3 aromatic carbocycles. The number of ether oxygens (including phenoxy) is 1. The SMILES string of the molecule is COc1ccc(NC(=O)c2ccc(C)c(S(=O)(=O)Nc3cc(C)cc(C)c3)c2)cc1. The van der Waals surface area contributed by atoms with E-state index in [1.807, 2.05) is 19.9 Å². The van der Waals surface area contributed by atoms with Gasteiger partial charge in [0.1, 0.15) is 5.75 Å². The fraction of sp³-hybridized carbons (Fsp3) is 0.174. The van der Waals surface area contributed by atoms with Crippen molar-refractivity contribution in [3.63, 3.8) is 0 Å². The number of carbonyl (C=O) groups excluding carboxylic acids is 1. The molecule has 0 heterocycles. The van der Waals surface area contributed by atoms with Crippen molar-refractivity contribution in [1.29, 1.82) is 0 Å². The van der Waals surface area contributed by atoms with Crippen molar-refractivity contribution in [3.8, 4) is 5.75 Å². The van der Waals surface area contributed by atoms with Crippen LogP contribution in [-0.4, -0.2) is 21.4 Å². The third-order valence-corrected chi connectivity index (χ3v) is 6.08. The predicted octanol–water partition coefficient (Wildman–Crippen LogP) is 4.67. The Bertz CT molecular complexity index is 1170. The first kappa shape index (κ1) is 21.4. The summed E-state index contributed by atoms with van der Waals surface area (Å²) in [6, 6.07) is 17.0. The molecule has 6 nitrogen and oxygen atoms in total. The van der Waals surface area contributed by atoms with Crippen LogP contribution in [0.2, 0.25) is 0 Å². The minimum Gasteiger partial charge on any atom is -0.497 e. The highest BCUT2D eigenvalue weighted by Crippen LogP contribution is 2.23. The summed E-state index contributed by atoms with van der Waals surface area (Å²) in [7, 11) is -2.30. The standard InChI is InChI=1S/C23H24N2O4S/c1-15-11-16(2)13-20(12-15)25-30(27,28)22-14-18(6-5-17(22)3)23(26)24-19-7-9-21(29-4)10-8-19/h5-14,25H,1-4H3,(H,24,26). The molecule has 0 aliphatic rings. The van der Waals surface area contributed by atoms with Gasteiger partial charge in [0.05, 0.1) is 12.0 Å². The number of aryl methyl sites for hydroxylation is 3. The van der Waals surface area contributed by atoms with Crippen LogP contribution in [-0.2, 0) is 10.0 Å². The number of nitrogens with one attached hydrogen (secondary N) is 2. The second-order valence-corrected chi connectivity index (χ2v) is 8.80. The van der Waals surface area contributed by atoms with E-state index >= 15 is 0 Å². The summed E-state index contributed by atoms with van der Waals surface area (Å²) < 4.78 is 33.7. The van der Waals surface area contributed by atoms with E-state index in [4.69, 9.17) is 4.74 Å². The van der Waals surface area contributed by atoms with Crippen LogP contribution in [0.5, 0.6) is 5.75 Å². The van der Waals surface area contributed by atoms with Crippen molar-refractivity contribution in [2.75, 3.05) is 17.1 Å². The summed E-state index contributed by atoms with van der Waals surface area (Å²) in [4.78, 5) is 12.7. The summed E-state index contributed by atoms with van der Waals surface area (Å²) in [5.74, 6) is 0.275. The fourth-order valence-electron chi connectivity index (χ4n) is 3.15. The van der Waals surface area contributed by atoms with Crippen molar-refractivity contribution in [2.45, 2.75) is 25.7 Å². The number of carbonyl (C=O) groups is 1. The molecule has 1 amide bonds. The van der Waals surface area contributed by atoms with Crippen LogP contribution >= 0.6 is 0 Å². The van der Waals surface area contributed by atoms with Gasteiger partial charge >= 0.3 is 0 Å². The molecule has 0 aliphatic heterocycles. The van der Waals surface area contributed by atoms with Crippen LogP contribution in [0.4, 0.5) is 11.4 Å². The van der Waals surface area contributed by atoms with Gasteiger partial charge in [0, 0.05) is 16.9 Å². The Labute approximate surface area is 177 Å². The summed E-state index contributed by atoms with van der Waals surface area (Å²) >= 11 is 0. The maximum absolute atomic E-state index is 13.0. The van der Waals surface area contributed by atoms with E-state index < -0.39 is 15.9 Å². The van der Waals surface area contributed by atoms with Crippen molar-refractivity contribution >= 4 is 27.3 Å². The number of hydrogen-bond donors (Lipinski definition) is 2. The molecule has 156 valence electrons. The molecule has 0 unspecified atom stereocenters. The lowest BCUT2D eigenvalue weighted by Gasteiger charge is -2.13. The Balaban J connectivity index is 1.86. The Morgan fingerprint density at radius 2 is 1.47 bits per heavy atom. The predicted molar refractivity (Wildman–Crippen MR) is 119 cm³/mol. The number of amides is 1. The van der Waals surface area contributed by atoms with Crippen molar-refractivity contribution in [2.24, 2.45) is 0 Å². The number of anilines is 2. The molecule has 0 fully saturated rings. The molecule has 0 saturated heterocycles. The molecule has 7 heteroatoms. The molecule has 2 N–H and O–H groups in total. The zero-order valence-electron chi connectivity index (χ0n) is 17.3. The monoisotopic (exact) mass is 424 g/mol. The van der Waals surface area contributed by atoms with Gasteiger partial charge in [-0.2, -0.15) is 0 Å². The Morgan fingerprint density at radius 1 is 0.833 bits per heavy atom. The third kappa shape index (κ3) is 4.99. The molecule has 0 spiro atoms. The molecule has 0 radical (unpaired) electrons. The van der Waals surface area contributed by atoms with Crippen molar-refractivity contribution in [3.05, 3.63) is 82.9 Å². The van der Waals surface area contributed by atoms with Crippen molar-refractivity contribution in [1.82, 2.24) is 0 Å². The summed E-state index contributed by atoms with van der Waals surface area (Å²) in [5.41, 5.74) is 3.78. The molecule has 0 bridgehead atoms. The molecular formula is C23H24N2O4S. The Hall–Kier alpha value is -3.32. The van der Waals surface area contributed by atoms with Crippen LogP contribution in [0.15, 0.2) is 65.6 Å². The zero-order valence-corrected chi connectivity index (χ0v) is 18.1. The Morgan fingerprint density at radius 3 is 2.07 bits per heavy atom. The van der Waals surface area contributed by atoms with E-state index in [1.165, 1.54) is 6.07 Å². The molecule has 30 heavy (non-hydrogen) atoms. The first-order chi connectivity index (χ1) is 14.2. The largest absolute Gasteiger partial charge is 0.497 e. The average molecular weight is 425 g/mol. The van der Waals surface area contributed by atoms with Crippen LogP contribution < -0.4 is 14.8 Å². The number of benzene rings is 3. The van der Waals surface area contributed by atoms with Crippen LogP contribution in [0.25, 0.3) is 0 Å². The van der Waals surface area contributed by atoms with E-state index in [-0.39, 0.29) is 10.5 Å². The molecule has 3 aromatic rings. The van der Waals surface area contributed by atoms with Crippen molar-refractivity contribution < 1.29 is 17.9 Å². The normalized spacial score (nSPS) is 11.1. The maximum Gasteiger partial charge on any atom is 0.262 e. The molecule has 3 rings (SSSR count). The van der Waals surface area contributed by atoms with Gasteiger partial charge < -0.3 is 10.1 Å². The zero-order chi connectivity index (χ0) is 21.9. The smallest absolute Gasteiger partial charge is 0.262 e. The van der Waals surface area contributed by atoms with Gasteiger partial charge in [0.15, 0.2) is 0 Å². The van der Waals surface area contributed by atoms with E-state index in [9.17, 15) is 13.2 Å². The van der Waals surface area contributed by atoms with Crippen LogP contribution in [0.3, 0.4) is 0 Å². The van der Waals surface area contributed by atoms with E-state index in [0.717, 1.165) is 11.1 Å². The summed E-state index contributed by atoms with van der Waals surface area (Å²) in [6.45, 7) is 5.50. The average Bonchev–Trinajstić information content (AvgIpc) is 2.67. The number of rotatable bonds is 6. The van der Waals surface area contributed by atoms with Gasteiger partial charge in [-0.25, -0.2) is 8.42 Å². The van der Waals surface area contributed by atoms with E-state index in [1.54, 1.807) is 62.6 Å². The summed E-state index contributed by atoms with van der Waals surface area (Å²) in [5, 5.41) is 2.76. The molecule has 0 aliphatic carbocycles. The van der Waals surface area contributed by atoms with Gasteiger partial charge in [-0.15, -0.1) is 0 Å². The molecule has 0 atom stereocenters. The van der Waals surface area contributed by atoms with Gasteiger partial charge in [-0.3, -0.25) is 9.52 Å². The fourth-order valence-corrected chi connectivity index (χ4v) is 4.46. The molecule has 0 saturated carbocycles. The van der Waals surface area contributed by atoms with Crippen LogP contribution in [0.1, 0.15) is 27.0 Å². The second-order valence-electron chi connectivity index (χ2n) is 7.14. The lowest BCUT2D eigenvalue weighted by Crippen LogP contribution is -2.17. The minimum absolute atomic E-state index is 0.0593. The van der Waals surface area contributed by atoms with Gasteiger partial charge in [0.2, 0.25) is 0 Å². The van der Waals surface area contributed by atoms with Gasteiger partial charge in [-0.1, -0.05) is 12.1 Å². The summed E-state index contributed by atoms with van der Waals surface area (Å²) in [6.07, 6.45) is 0. The molecular weight excluding hydrogens is 400 g/mol. The van der Waals surface area contributed by atoms with Gasteiger partial charge in [-0.05, 0) is 86.0 Å². The minimum atomic E-state index is -3.86. The Kier molecular flexibility index (Phi) is 6.12. The maximum atomic E-state index is 13.0. The lowest BCUT2D eigenvalue weighted by molar-refractivity contribution is 0.102.